The van der Waals surface area contributed by atoms with Crippen molar-refractivity contribution < 1.29 is 14.3 Å². The molecule has 2 aromatic carbocycles. The van der Waals surface area contributed by atoms with Gasteiger partial charge >= 0.3 is 0 Å². The fourth-order valence-electron chi connectivity index (χ4n) is 2.35. The fraction of sp³-hybridized carbons (Fsp3) is 0.300. The predicted molar refractivity (Wildman–Crippen MR) is 107 cm³/mol. The molecule has 2 N–H and O–H groups in total. The normalized spacial score (nSPS) is 11.5. The smallest absolute Gasteiger partial charge is 0.251 e. The molecule has 0 heterocycles. The van der Waals surface area contributed by atoms with Crippen LogP contribution in [0.3, 0.4) is 0 Å². The molecular weight excluding hydrogens is 348 g/mol. The van der Waals surface area contributed by atoms with Crippen molar-refractivity contribution in [3.63, 3.8) is 0 Å². The summed E-state index contributed by atoms with van der Waals surface area (Å²) in [5, 5.41) is 5.69. The SMILES string of the molecule is COc1ccc(NC(=O)[C@H](CCSC)NC(=O)c2ccc(C)cc2)cc1. The van der Waals surface area contributed by atoms with E-state index < -0.39 is 6.04 Å². The summed E-state index contributed by atoms with van der Waals surface area (Å²) < 4.78 is 5.11. The van der Waals surface area contributed by atoms with Crippen LogP contribution in [0, 0.1) is 6.92 Å². The van der Waals surface area contributed by atoms with Gasteiger partial charge in [0, 0.05) is 11.3 Å². The van der Waals surface area contributed by atoms with Crippen molar-refractivity contribution in [3.8, 4) is 5.75 Å². The number of methoxy groups -OCH3 is 1. The number of aryl methyl sites for hydroxylation is 1. The van der Waals surface area contributed by atoms with Gasteiger partial charge in [-0.15, -0.1) is 0 Å². The second-order valence-corrected chi connectivity index (χ2v) is 6.88. The van der Waals surface area contributed by atoms with E-state index in [0.717, 1.165) is 17.1 Å². The van der Waals surface area contributed by atoms with Crippen LogP contribution in [-0.2, 0) is 4.79 Å². The van der Waals surface area contributed by atoms with Gasteiger partial charge in [0.05, 0.1) is 7.11 Å². The van der Waals surface area contributed by atoms with E-state index in [-0.39, 0.29) is 11.8 Å². The Morgan fingerprint density at radius 1 is 1.08 bits per heavy atom. The first-order valence-corrected chi connectivity index (χ1v) is 9.74. The molecule has 0 spiro atoms. The van der Waals surface area contributed by atoms with E-state index in [9.17, 15) is 9.59 Å². The molecule has 0 radical (unpaired) electrons. The highest BCUT2D eigenvalue weighted by Crippen LogP contribution is 2.16. The molecule has 0 bridgehead atoms. The van der Waals surface area contributed by atoms with Gasteiger partial charge < -0.3 is 15.4 Å². The van der Waals surface area contributed by atoms with Gasteiger partial charge in [0.2, 0.25) is 5.91 Å². The van der Waals surface area contributed by atoms with Gasteiger partial charge in [-0.05, 0) is 61.8 Å². The molecule has 0 aliphatic heterocycles. The largest absolute Gasteiger partial charge is 0.497 e. The molecule has 0 saturated carbocycles. The quantitative estimate of drug-likeness (QED) is 0.744. The zero-order chi connectivity index (χ0) is 18.9. The van der Waals surface area contributed by atoms with Crippen molar-refractivity contribution >= 4 is 29.3 Å². The Kier molecular flexibility index (Phi) is 7.53. The molecule has 2 aromatic rings. The van der Waals surface area contributed by atoms with Crippen LogP contribution in [0.5, 0.6) is 5.75 Å². The number of carbonyl (C=O) groups is 2. The molecule has 2 rings (SSSR count). The van der Waals surface area contributed by atoms with Crippen LogP contribution in [0.15, 0.2) is 48.5 Å². The van der Waals surface area contributed by atoms with Crippen LogP contribution < -0.4 is 15.4 Å². The minimum absolute atomic E-state index is 0.232. The van der Waals surface area contributed by atoms with Crippen molar-refractivity contribution in [3.05, 3.63) is 59.7 Å². The number of hydrogen-bond donors (Lipinski definition) is 2. The summed E-state index contributed by atoms with van der Waals surface area (Å²) in [6.07, 6.45) is 2.53. The summed E-state index contributed by atoms with van der Waals surface area (Å²) in [5.41, 5.74) is 2.29. The average molecular weight is 372 g/mol. The van der Waals surface area contributed by atoms with E-state index in [1.165, 1.54) is 0 Å². The maximum Gasteiger partial charge on any atom is 0.251 e. The van der Waals surface area contributed by atoms with Crippen LogP contribution in [-0.4, -0.2) is 37.0 Å². The molecule has 0 aromatic heterocycles. The van der Waals surface area contributed by atoms with Gasteiger partial charge in [0.15, 0.2) is 0 Å². The van der Waals surface area contributed by atoms with E-state index in [0.29, 0.717) is 17.7 Å². The zero-order valence-corrected chi connectivity index (χ0v) is 16.1. The molecule has 0 aliphatic rings. The van der Waals surface area contributed by atoms with Gasteiger partial charge in [0.1, 0.15) is 11.8 Å². The molecule has 138 valence electrons. The van der Waals surface area contributed by atoms with Crippen molar-refractivity contribution in [1.82, 2.24) is 5.32 Å². The van der Waals surface area contributed by atoms with Gasteiger partial charge in [0.25, 0.3) is 5.91 Å². The summed E-state index contributed by atoms with van der Waals surface area (Å²) in [7, 11) is 1.59. The Balaban J connectivity index is 2.05. The third-order valence-corrected chi connectivity index (χ3v) is 4.55. The van der Waals surface area contributed by atoms with E-state index >= 15 is 0 Å². The van der Waals surface area contributed by atoms with E-state index in [1.54, 1.807) is 55.3 Å². The monoisotopic (exact) mass is 372 g/mol. The third-order valence-electron chi connectivity index (χ3n) is 3.90. The van der Waals surface area contributed by atoms with E-state index in [2.05, 4.69) is 10.6 Å². The molecule has 5 nitrogen and oxygen atoms in total. The van der Waals surface area contributed by atoms with Crippen LogP contribution in [0.2, 0.25) is 0 Å². The number of anilines is 1. The predicted octanol–water partition coefficient (Wildman–Crippen LogP) is 3.49. The Bertz CT molecular complexity index is 730. The standard InChI is InChI=1S/C20H24N2O3S/c1-14-4-6-15(7-5-14)19(23)22-18(12-13-26-3)20(24)21-16-8-10-17(25-2)11-9-16/h4-11,18H,12-13H2,1-3H3,(H,21,24)(H,22,23)/t18-/m0/s1. The van der Waals surface area contributed by atoms with Crippen molar-refractivity contribution in [1.29, 1.82) is 0 Å². The van der Waals surface area contributed by atoms with Crippen LogP contribution in [0.25, 0.3) is 0 Å². The molecule has 0 unspecified atom stereocenters. The van der Waals surface area contributed by atoms with Crippen molar-refractivity contribution in [2.24, 2.45) is 0 Å². The highest BCUT2D eigenvalue weighted by atomic mass is 32.2. The van der Waals surface area contributed by atoms with Crippen LogP contribution >= 0.6 is 11.8 Å². The first kappa shape index (κ1) is 19.8. The second-order valence-electron chi connectivity index (χ2n) is 5.89. The molecule has 0 aliphatic carbocycles. The maximum atomic E-state index is 12.6. The summed E-state index contributed by atoms with van der Waals surface area (Å²) in [5.74, 6) is 1.01. The number of amides is 2. The number of ether oxygens (including phenoxy) is 1. The summed E-state index contributed by atoms with van der Waals surface area (Å²) in [6, 6.07) is 13.8. The van der Waals surface area contributed by atoms with Gasteiger partial charge in [-0.3, -0.25) is 9.59 Å². The minimum Gasteiger partial charge on any atom is -0.497 e. The lowest BCUT2D eigenvalue weighted by molar-refractivity contribution is -0.118. The van der Waals surface area contributed by atoms with Crippen LogP contribution in [0.4, 0.5) is 5.69 Å². The zero-order valence-electron chi connectivity index (χ0n) is 15.2. The summed E-state index contributed by atoms with van der Waals surface area (Å²) in [4.78, 5) is 25.1. The van der Waals surface area contributed by atoms with Crippen molar-refractivity contribution in [2.75, 3.05) is 24.4 Å². The second kappa shape index (κ2) is 9.87. The highest BCUT2D eigenvalue weighted by Gasteiger charge is 2.21. The van der Waals surface area contributed by atoms with Gasteiger partial charge in [-0.1, -0.05) is 17.7 Å². The lowest BCUT2D eigenvalue weighted by atomic mass is 10.1. The summed E-state index contributed by atoms with van der Waals surface area (Å²) >= 11 is 1.64. The molecule has 0 fully saturated rings. The number of rotatable bonds is 8. The van der Waals surface area contributed by atoms with Gasteiger partial charge in [-0.2, -0.15) is 11.8 Å². The number of benzene rings is 2. The minimum atomic E-state index is -0.599. The average Bonchev–Trinajstić information content (AvgIpc) is 2.66. The lowest BCUT2D eigenvalue weighted by Crippen LogP contribution is -2.44. The lowest BCUT2D eigenvalue weighted by Gasteiger charge is -2.18. The van der Waals surface area contributed by atoms with Crippen molar-refractivity contribution in [2.45, 2.75) is 19.4 Å². The highest BCUT2D eigenvalue weighted by molar-refractivity contribution is 7.98. The van der Waals surface area contributed by atoms with E-state index in [4.69, 9.17) is 4.74 Å². The Morgan fingerprint density at radius 2 is 1.73 bits per heavy atom. The maximum absolute atomic E-state index is 12.6. The van der Waals surface area contributed by atoms with Crippen LogP contribution in [0.1, 0.15) is 22.3 Å². The molecule has 0 saturated heterocycles. The molecule has 2 amide bonds. The Morgan fingerprint density at radius 3 is 2.31 bits per heavy atom. The topological polar surface area (TPSA) is 67.4 Å². The molecule has 1 atom stereocenters. The van der Waals surface area contributed by atoms with E-state index in [1.807, 2.05) is 25.3 Å². The number of thioether (sulfide) groups is 1. The molecular formula is C20H24N2O3S. The third kappa shape index (κ3) is 5.81. The van der Waals surface area contributed by atoms with Gasteiger partial charge in [-0.25, -0.2) is 0 Å². The molecule has 26 heavy (non-hydrogen) atoms. The Labute approximate surface area is 158 Å². The Hall–Kier alpha value is -2.47. The fourth-order valence-corrected chi connectivity index (χ4v) is 2.83. The first-order chi connectivity index (χ1) is 12.5. The first-order valence-electron chi connectivity index (χ1n) is 8.35. The number of carbonyl (C=O) groups excluding carboxylic acids is 2. The summed E-state index contributed by atoms with van der Waals surface area (Å²) in [6.45, 7) is 1.96. The number of hydrogen-bond acceptors (Lipinski definition) is 4. The number of nitrogens with one attached hydrogen (secondary N) is 2. The molecule has 6 heteroatoms.